The van der Waals surface area contributed by atoms with Crippen molar-refractivity contribution in [1.82, 2.24) is 5.32 Å². The van der Waals surface area contributed by atoms with Crippen LogP contribution in [0, 0.1) is 6.92 Å². The first-order chi connectivity index (χ1) is 8.65. The standard InChI is InChI=1S/C14H21NO2S/c1-11-4-5-14-12(8-11)9-13(17-14)10-15-6-3-7-18(2)16/h4-5,8,13,15H,3,6-7,9-10H2,1-2H3. The summed E-state index contributed by atoms with van der Waals surface area (Å²) in [6, 6.07) is 6.35. The lowest BCUT2D eigenvalue weighted by molar-refractivity contribution is 0.228. The number of nitrogens with one attached hydrogen (secondary N) is 1. The zero-order chi connectivity index (χ0) is 13.0. The maximum absolute atomic E-state index is 10.9. The van der Waals surface area contributed by atoms with E-state index < -0.39 is 10.8 Å². The Bertz CT molecular complexity index is 434. The van der Waals surface area contributed by atoms with Crippen molar-refractivity contribution in [3.05, 3.63) is 29.3 Å². The summed E-state index contributed by atoms with van der Waals surface area (Å²) < 4.78 is 16.8. The van der Waals surface area contributed by atoms with Crippen molar-refractivity contribution in [1.29, 1.82) is 0 Å². The van der Waals surface area contributed by atoms with Gasteiger partial charge in [-0.2, -0.15) is 0 Å². The van der Waals surface area contributed by atoms with Crippen LogP contribution in [0.15, 0.2) is 18.2 Å². The number of ether oxygens (including phenoxy) is 1. The zero-order valence-corrected chi connectivity index (χ0v) is 11.9. The van der Waals surface area contributed by atoms with Crippen LogP contribution >= 0.6 is 0 Å². The fourth-order valence-corrected chi connectivity index (χ4v) is 2.78. The van der Waals surface area contributed by atoms with Crippen LogP contribution in [0.4, 0.5) is 0 Å². The number of fused-ring (bicyclic) bond motifs is 1. The highest BCUT2D eigenvalue weighted by Gasteiger charge is 2.21. The summed E-state index contributed by atoms with van der Waals surface area (Å²) in [4.78, 5) is 0. The smallest absolute Gasteiger partial charge is 0.123 e. The highest BCUT2D eigenvalue weighted by atomic mass is 32.2. The molecule has 1 aliphatic heterocycles. The second-order valence-electron chi connectivity index (χ2n) is 4.89. The molecule has 0 bridgehead atoms. The van der Waals surface area contributed by atoms with Crippen LogP contribution in [0.5, 0.6) is 5.75 Å². The minimum absolute atomic E-state index is 0.244. The van der Waals surface area contributed by atoms with Crippen LogP contribution in [-0.4, -0.2) is 35.4 Å². The van der Waals surface area contributed by atoms with Gasteiger partial charge in [0.05, 0.1) is 0 Å². The van der Waals surface area contributed by atoms with Crippen molar-refractivity contribution in [2.75, 3.05) is 25.1 Å². The van der Waals surface area contributed by atoms with Gasteiger partial charge >= 0.3 is 0 Å². The average molecular weight is 267 g/mol. The number of rotatable bonds is 6. The molecule has 100 valence electrons. The first-order valence-electron chi connectivity index (χ1n) is 6.42. The third-order valence-corrected chi connectivity index (χ3v) is 3.98. The van der Waals surface area contributed by atoms with Gasteiger partial charge in [-0.15, -0.1) is 0 Å². The Balaban J connectivity index is 1.70. The van der Waals surface area contributed by atoms with Gasteiger partial charge in [0.2, 0.25) is 0 Å². The minimum Gasteiger partial charge on any atom is -0.488 e. The summed E-state index contributed by atoms with van der Waals surface area (Å²) in [6.07, 6.45) is 3.94. The molecule has 0 aliphatic carbocycles. The molecule has 0 aromatic heterocycles. The lowest BCUT2D eigenvalue weighted by atomic mass is 10.1. The number of benzene rings is 1. The predicted octanol–water partition coefficient (Wildman–Crippen LogP) is 1.66. The Hall–Kier alpha value is -0.870. The summed E-state index contributed by atoms with van der Waals surface area (Å²) in [6.45, 7) is 3.88. The average Bonchev–Trinajstić information content (AvgIpc) is 2.70. The molecule has 0 amide bonds. The predicted molar refractivity (Wildman–Crippen MR) is 75.7 cm³/mol. The molecular formula is C14H21NO2S. The lowest BCUT2D eigenvalue weighted by Gasteiger charge is -2.11. The number of hydrogen-bond acceptors (Lipinski definition) is 3. The van der Waals surface area contributed by atoms with E-state index in [9.17, 15) is 4.21 Å². The molecule has 4 heteroatoms. The topological polar surface area (TPSA) is 38.3 Å². The normalized spacial score (nSPS) is 19.3. The molecule has 1 N–H and O–H groups in total. The maximum atomic E-state index is 10.9. The van der Waals surface area contributed by atoms with E-state index in [1.807, 2.05) is 0 Å². The van der Waals surface area contributed by atoms with Crippen molar-refractivity contribution in [3.63, 3.8) is 0 Å². The second-order valence-corrected chi connectivity index (χ2v) is 6.44. The number of hydrogen-bond donors (Lipinski definition) is 1. The van der Waals surface area contributed by atoms with E-state index in [0.717, 1.165) is 37.4 Å². The molecule has 0 saturated carbocycles. The van der Waals surface area contributed by atoms with Crippen LogP contribution in [0.1, 0.15) is 17.5 Å². The van der Waals surface area contributed by atoms with Crippen molar-refractivity contribution in [2.45, 2.75) is 25.9 Å². The summed E-state index contributed by atoms with van der Waals surface area (Å²) in [5, 5.41) is 3.37. The Kier molecular flexibility index (Phi) is 4.78. The van der Waals surface area contributed by atoms with Gasteiger partial charge in [0.25, 0.3) is 0 Å². The van der Waals surface area contributed by atoms with Gasteiger partial charge < -0.3 is 10.1 Å². The van der Waals surface area contributed by atoms with Gasteiger partial charge in [-0.1, -0.05) is 17.7 Å². The molecule has 1 aromatic rings. The highest BCUT2D eigenvalue weighted by Crippen LogP contribution is 2.29. The fraction of sp³-hybridized carbons (Fsp3) is 0.571. The molecule has 2 unspecified atom stereocenters. The van der Waals surface area contributed by atoms with E-state index in [2.05, 4.69) is 30.4 Å². The molecule has 0 fully saturated rings. The van der Waals surface area contributed by atoms with E-state index in [4.69, 9.17) is 4.74 Å². The molecule has 2 rings (SSSR count). The summed E-state index contributed by atoms with van der Waals surface area (Å²) in [7, 11) is -0.677. The Morgan fingerprint density at radius 2 is 2.33 bits per heavy atom. The van der Waals surface area contributed by atoms with Crippen molar-refractivity contribution < 1.29 is 8.95 Å². The van der Waals surface area contributed by atoms with Crippen molar-refractivity contribution >= 4 is 10.8 Å². The van der Waals surface area contributed by atoms with E-state index in [1.54, 1.807) is 6.26 Å². The molecule has 2 atom stereocenters. The molecule has 18 heavy (non-hydrogen) atoms. The van der Waals surface area contributed by atoms with Crippen molar-refractivity contribution in [3.8, 4) is 5.75 Å². The van der Waals surface area contributed by atoms with Gasteiger partial charge in [0.15, 0.2) is 0 Å². The second kappa shape index (κ2) is 6.34. The van der Waals surface area contributed by atoms with Gasteiger partial charge in [-0.25, -0.2) is 0 Å². The van der Waals surface area contributed by atoms with E-state index in [-0.39, 0.29) is 6.10 Å². The van der Waals surface area contributed by atoms with Crippen molar-refractivity contribution in [2.24, 2.45) is 0 Å². The fourth-order valence-electron chi connectivity index (χ4n) is 2.23. The molecule has 0 spiro atoms. The van der Waals surface area contributed by atoms with Crippen LogP contribution < -0.4 is 10.1 Å². The monoisotopic (exact) mass is 267 g/mol. The Labute approximate surface area is 111 Å². The van der Waals surface area contributed by atoms with Crippen LogP contribution in [0.25, 0.3) is 0 Å². The number of aryl methyl sites for hydroxylation is 1. The Morgan fingerprint density at radius 3 is 3.11 bits per heavy atom. The summed E-state index contributed by atoms with van der Waals surface area (Å²) in [5.74, 6) is 1.81. The third-order valence-electron chi connectivity index (χ3n) is 3.11. The van der Waals surface area contributed by atoms with E-state index >= 15 is 0 Å². The Morgan fingerprint density at radius 1 is 1.50 bits per heavy atom. The maximum Gasteiger partial charge on any atom is 0.123 e. The first kappa shape index (κ1) is 13.6. The molecule has 1 aromatic carbocycles. The minimum atomic E-state index is -0.677. The molecule has 1 heterocycles. The summed E-state index contributed by atoms with van der Waals surface area (Å²) in [5.41, 5.74) is 2.60. The molecule has 3 nitrogen and oxygen atoms in total. The molecule has 0 radical (unpaired) electrons. The third kappa shape index (κ3) is 3.82. The largest absolute Gasteiger partial charge is 0.488 e. The lowest BCUT2D eigenvalue weighted by Crippen LogP contribution is -2.31. The van der Waals surface area contributed by atoms with Gasteiger partial charge in [0, 0.05) is 35.8 Å². The highest BCUT2D eigenvalue weighted by molar-refractivity contribution is 7.84. The van der Waals surface area contributed by atoms with Crippen LogP contribution in [-0.2, 0) is 17.2 Å². The first-order valence-corrected chi connectivity index (χ1v) is 8.15. The van der Waals surface area contributed by atoms with Gasteiger partial charge in [0.1, 0.15) is 11.9 Å². The van der Waals surface area contributed by atoms with Gasteiger partial charge in [-0.3, -0.25) is 4.21 Å². The zero-order valence-electron chi connectivity index (χ0n) is 11.1. The van der Waals surface area contributed by atoms with E-state index in [1.165, 1.54) is 11.1 Å². The molecule has 1 aliphatic rings. The summed E-state index contributed by atoms with van der Waals surface area (Å²) >= 11 is 0. The molecular weight excluding hydrogens is 246 g/mol. The SMILES string of the molecule is Cc1ccc2c(c1)CC(CNCCCS(C)=O)O2. The van der Waals surface area contributed by atoms with Gasteiger partial charge in [-0.05, 0) is 31.5 Å². The van der Waals surface area contributed by atoms with E-state index in [0.29, 0.717) is 0 Å². The quantitative estimate of drug-likeness (QED) is 0.797. The van der Waals surface area contributed by atoms with Crippen LogP contribution in [0.2, 0.25) is 0 Å². The molecule has 0 saturated heterocycles. The van der Waals surface area contributed by atoms with Crippen LogP contribution in [0.3, 0.4) is 0 Å².